The van der Waals surface area contributed by atoms with Crippen molar-refractivity contribution in [2.75, 3.05) is 18.9 Å². The normalized spacial score (nSPS) is 15.1. The van der Waals surface area contributed by atoms with Gasteiger partial charge in [-0.1, -0.05) is 0 Å². The van der Waals surface area contributed by atoms with Crippen LogP contribution in [-0.2, 0) is 0 Å². The number of aliphatic hydroxyl groups excluding tert-OH is 1. The molecule has 2 aromatic heterocycles. The molecular formula is C15H19N3O2S. The van der Waals surface area contributed by atoms with E-state index >= 15 is 0 Å². The molecule has 3 N–H and O–H groups in total. The summed E-state index contributed by atoms with van der Waals surface area (Å²) in [7, 11) is 0. The number of anilines is 1. The molecule has 1 aliphatic rings. The summed E-state index contributed by atoms with van der Waals surface area (Å²) in [5.74, 6) is -0.0198. The van der Waals surface area contributed by atoms with Gasteiger partial charge >= 0.3 is 0 Å². The van der Waals surface area contributed by atoms with Gasteiger partial charge in [0.1, 0.15) is 10.4 Å². The van der Waals surface area contributed by atoms with E-state index in [2.05, 4.69) is 4.98 Å². The Morgan fingerprint density at radius 1 is 1.52 bits per heavy atom. The van der Waals surface area contributed by atoms with Crippen molar-refractivity contribution in [2.45, 2.75) is 31.7 Å². The Morgan fingerprint density at radius 2 is 2.33 bits per heavy atom. The number of hydrogen-bond acceptors (Lipinski definition) is 5. The minimum atomic E-state index is -0.0198. The Bertz CT molecular complexity index is 651. The van der Waals surface area contributed by atoms with Crippen LogP contribution in [0.3, 0.4) is 0 Å². The fraction of sp³-hybridized carbons (Fsp3) is 0.467. The maximum atomic E-state index is 12.8. The van der Waals surface area contributed by atoms with Crippen molar-refractivity contribution < 1.29 is 9.90 Å². The SMILES string of the molecule is Nc1c(C(=O)N(CCCO)C2CCC2)sc2cccnc12. The summed E-state index contributed by atoms with van der Waals surface area (Å²) in [6, 6.07) is 4.07. The predicted octanol–water partition coefficient (Wildman–Crippen LogP) is 2.26. The number of pyridine rings is 1. The number of carbonyl (C=O) groups is 1. The van der Waals surface area contributed by atoms with Crippen molar-refractivity contribution in [2.24, 2.45) is 0 Å². The Kier molecular flexibility index (Phi) is 4.07. The van der Waals surface area contributed by atoms with Crippen LogP contribution < -0.4 is 5.73 Å². The molecule has 0 atom stereocenters. The van der Waals surface area contributed by atoms with E-state index in [0.29, 0.717) is 35.1 Å². The molecule has 2 heterocycles. The van der Waals surface area contributed by atoms with Crippen LogP contribution >= 0.6 is 11.3 Å². The summed E-state index contributed by atoms with van der Waals surface area (Å²) in [4.78, 5) is 19.5. The topological polar surface area (TPSA) is 79.5 Å². The van der Waals surface area contributed by atoms with Crippen molar-refractivity contribution in [1.82, 2.24) is 9.88 Å². The van der Waals surface area contributed by atoms with Crippen LogP contribution in [0.5, 0.6) is 0 Å². The highest BCUT2D eigenvalue weighted by atomic mass is 32.1. The maximum absolute atomic E-state index is 12.8. The van der Waals surface area contributed by atoms with Crippen LogP contribution in [0.1, 0.15) is 35.4 Å². The molecule has 0 unspecified atom stereocenters. The highest BCUT2D eigenvalue weighted by molar-refractivity contribution is 7.21. The molecule has 3 rings (SSSR count). The molecule has 1 fully saturated rings. The third kappa shape index (κ3) is 2.61. The van der Waals surface area contributed by atoms with Gasteiger partial charge in [0.05, 0.1) is 10.4 Å². The minimum Gasteiger partial charge on any atom is -0.396 e. The first kappa shape index (κ1) is 14.3. The first-order chi connectivity index (χ1) is 10.2. The second-order valence-corrected chi connectivity index (χ2v) is 6.41. The van der Waals surface area contributed by atoms with Crippen LogP contribution in [0.4, 0.5) is 5.69 Å². The van der Waals surface area contributed by atoms with Gasteiger partial charge in [0.25, 0.3) is 5.91 Å². The zero-order valence-electron chi connectivity index (χ0n) is 11.8. The molecule has 5 nitrogen and oxygen atoms in total. The van der Waals surface area contributed by atoms with Gasteiger partial charge in [-0.15, -0.1) is 11.3 Å². The molecule has 21 heavy (non-hydrogen) atoms. The lowest BCUT2D eigenvalue weighted by Gasteiger charge is -2.37. The summed E-state index contributed by atoms with van der Waals surface area (Å²) < 4.78 is 0.939. The summed E-state index contributed by atoms with van der Waals surface area (Å²) in [6.07, 6.45) is 5.54. The maximum Gasteiger partial charge on any atom is 0.266 e. The smallest absolute Gasteiger partial charge is 0.266 e. The van der Waals surface area contributed by atoms with E-state index in [1.807, 2.05) is 17.0 Å². The lowest BCUT2D eigenvalue weighted by molar-refractivity contribution is 0.0568. The standard InChI is InChI=1S/C15H19N3O2S/c16-12-13-11(6-2-7-17-13)21-14(12)15(20)18(8-3-9-19)10-4-1-5-10/h2,6-7,10,19H,1,3-5,8-9,16H2. The number of amides is 1. The van der Waals surface area contributed by atoms with Crippen LogP contribution in [-0.4, -0.2) is 40.1 Å². The summed E-state index contributed by atoms with van der Waals surface area (Å²) >= 11 is 1.40. The molecule has 1 amide bonds. The van der Waals surface area contributed by atoms with Crippen molar-refractivity contribution >= 4 is 33.1 Å². The Labute approximate surface area is 127 Å². The van der Waals surface area contributed by atoms with Gasteiger partial charge < -0.3 is 15.7 Å². The number of fused-ring (bicyclic) bond motifs is 1. The van der Waals surface area contributed by atoms with E-state index < -0.39 is 0 Å². The number of rotatable bonds is 5. The predicted molar refractivity (Wildman–Crippen MR) is 84.4 cm³/mol. The lowest BCUT2D eigenvalue weighted by Crippen LogP contribution is -2.44. The highest BCUT2D eigenvalue weighted by Crippen LogP contribution is 2.35. The van der Waals surface area contributed by atoms with Gasteiger partial charge in [-0.25, -0.2) is 0 Å². The van der Waals surface area contributed by atoms with Crippen LogP contribution in [0.15, 0.2) is 18.3 Å². The number of nitrogens with two attached hydrogens (primary N) is 1. The molecule has 1 aliphatic carbocycles. The Morgan fingerprint density at radius 3 is 2.95 bits per heavy atom. The molecular weight excluding hydrogens is 286 g/mol. The van der Waals surface area contributed by atoms with Gasteiger partial charge in [0, 0.05) is 25.4 Å². The zero-order chi connectivity index (χ0) is 14.8. The van der Waals surface area contributed by atoms with Crippen LogP contribution in [0, 0.1) is 0 Å². The molecule has 0 radical (unpaired) electrons. The molecule has 0 saturated heterocycles. The van der Waals surface area contributed by atoms with Crippen molar-refractivity contribution in [1.29, 1.82) is 0 Å². The minimum absolute atomic E-state index is 0.0198. The molecule has 6 heteroatoms. The molecule has 1 saturated carbocycles. The fourth-order valence-electron chi connectivity index (χ4n) is 2.63. The fourth-order valence-corrected chi connectivity index (χ4v) is 3.66. The van der Waals surface area contributed by atoms with E-state index in [1.54, 1.807) is 6.20 Å². The number of aromatic nitrogens is 1. The molecule has 0 aliphatic heterocycles. The summed E-state index contributed by atoms with van der Waals surface area (Å²) in [5, 5.41) is 9.04. The number of nitrogens with zero attached hydrogens (tertiary/aromatic N) is 2. The van der Waals surface area contributed by atoms with E-state index in [-0.39, 0.29) is 12.5 Å². The first-order valence-corrected chi connectivity index (χ1v) is 8.09. The Hall–Kier alpha value is -1.66. The summed E-state index contributed by atoms with van der Waals surface area (Å²) in [6.45, 7) is 0.682. The van der Waals surface area contributed by atoms with E-state index in [0.717, 1.165) is 24.0 Å². The van der Waals surface area contributed by atoms with Gasteiger partial charge in [-0.3, -0.25) is 9.78 Å². The van der Waals surface area contributed by atoms with E-state index in [1.165, 1.54) is 11.3 Å². The van der Waals surface area contributed by atoms with Crippen molar-refractivity contribution in [3.05, 3.63) is 23.2 Å². The van der Waals surface area contributed by atoms with Crippen LogP contribution in [0.25, 0.3) is 10.2 Å². The monoisotopic (exact) mass is 305 g/mol. The number of aliphatic hydroxyl groups is 1. The Balaban J connectivity index is 1.91. The third-order valence-electron chi connectivity index (χ3n) is 4.01. The molecule has 0 bridgehead atoms. The van der Waals surface area contributed by atoms with E-state index in [4.69, 9.17) is 10.8 Å². The third-order valence-corrected chi connectivity index (χ3v) is 5.16. The average molecular weight is 305 g/mol. The van der Waals surface area contributed by atoms with Crippen molar-refractivity contribution in [3.8, 4) is 0 Å². The molecule has 0 aromatic carbocycles. The van der Waals surface area contributed by atoms with Gasteiger partial charge in [-0.05, 0) is 37.8 Å². The number of thiophene rings is 1. The largest absolute Gasteiger partial charge is 0.396 e. The molecule has 112 valence electrons. The highest BCUT2D eigenvalue weighted by Gasteiger charge is 2.31. The second kappa shape index (κ2) is 5.99. The first-order valence-electron chi connectivity index (χ1n) is 7.27. The number of nitrogen functional groups attached to an aromatic ring is 1. The number of hydrogen-bond donors (Lipinski definition) is 2. The lowest BCUT2D eigenvalue weighted by atomic mass is 9.91. The average Bonchev–Trinajstić information content (AvgIpc) is 2.78. The van der Waals surface area contributed by atoms with E-state index in [9.17, 15) is 4.79 Å². The van der Waals surface area contributed by atoms with Gasteiger partial charge in [0.15, 0.2) is 0 Å². The second-order valence-electron chi connectivity index (χ2n) is 5.36. The van der Waals surface area contributed by atoms with Gasteiger partial charge in [0.2, 0.25) is 0 Å². The summed E-state index contributed by atoms with van der Waals surface area (Å²) in [5.41, 5.74) is 7.31. The van der Waals surface area contributed by atoms with Crippen molar-refractivity contribution in [3.63, 3.8) is 0 Å². The molecule has 0 spiro atoms. The van der Waals surface area contributed by atoms with Crippen LogP contribution in [0.2, 0.25) is 0 Å². The molecule has 2 aromatic rings. The van der Waals surface area contributed by atoms with Gasteiger partial charge in [-0.2, -0.15) is 0 Å². The number of carbonyl (C=O) groups excluding carboxylic acids is 1. The zero-order valence-corrected chi connectivity index (χ0v) is 12.6. The quantitative estimate of drug-likeness (QED) is 0.888.